The summed E-state index contributed by atoms with van der Waals surface area (Å²) in [5.41, 5.74) is 7.94. The summed E-state index contributed by atoms with van der Waals surface area (Å²) in [6, 6.07) is 26.1. The van der Waals surface area contributed by atoms with Crippen molar-refractivity contribution in [2.75, 3.05) is 0 Å². The predicted octanol–water partition coefficient (Wildman–Crippen LogP) is 5.67. The van der Waals surface area contributed by atoms with Crippen LogP contribution in [0, 0.1) is 0 Å². The molecule has 1 aliphatic rings. The van der Waals surface area contributed by atoms with Crippen LogP contribution in [0.3, 0.4) is 0 Å². The maximum Gasteiger partial charge on any atom is 0.0780 e. The summed E-state index contributed by atoms with van der Waals surface area (Å²) in [6.07, 6.45) is 4.13. The third-order valence-corrected chi connectivity index (χ3v) is 5.02. The molecule has 0 N–H and O–H groups in total. The second-order valence-electron chi connectivity index (χ2n) is 6.41. The fourth-order valence-electron chi connectivity index (χ4n) is 3.83. The van der Waals surface area contributed by atoms with Crippen molar-refractivity contribution in [3.05, 3.63) is 90.1 Å². The van der Waals surface area contributed by atoms with E-state index >= 15 is 0 Å². The molecule has 3 aromatic carbocycles. The van der Waals surface area contributed by atoms with E-state index < -0.39 is 0 Å². The number of hydrogen-bond donors (Lipinski definition) is 0. The Balaban J connectivity index is 1.70. The first-order valence-electron chi connectivity index (χ1n) is 8.45. The molecule has 114 valence electrons. The van der Waals surface area contributed by atoms with E-state index in [4.69, 9.17) is 0 Å². The minimum Gasteiger partial charge on any atom is -0.256 e. The molecule has 0 amide bonds. The van der Waals surface area contributed by atoms with E-state index in [1.165, 1.54) is 38.6 Å². The van der Waals surface area contributed by atoms with Crippen LogP contribution in [0.5, 0.6) is 0 Å². The largest absolute Gasteiger partial charge is 0.256 e. The summed E-state index contributed by atoms with van der Waals surface area (Å²) in [6.45, 7) is 0. The fourth-order valence-corrected chi connectivity index (χ4v) is 3.83. The molecule has 1 aromatic heterocycles. The average Bonchev–Trinajstić information content (AvgIpc) is 2.67. The van der Waals surface area contributed by atoms with Gasteiger partial charge < -0.3 is 0 Å². The molecule has 5 rings (SSSR count). The highest BCUT2D eigenvalue weighted by atomic mass is 14.7. The third kappa shape index (κ3) is 2.05. The van der Waals surface area contributed by atoms with Crippen molar-refractivity contribution < 1.29 is 0 Å². The van der Waals surface area contributed by atoms with Gasteiger partial charge in [0.05, 0.1) is 5.69 Å². The minimum absolute atomic E-state index is 1.08. The van der Waals surface area contributed by atoms with Crippen LogP contribution in [0.2, 0.25) is 0 Å². The number of nitrogens with zero attached hydrogens (tertiary/aromatic N) is 1. The molecular formula is C23H17N. The lowest BCUT2D eigenvalue weighted by Gasteiger charge is -2.20. The Labute approximate surface area is 141 Å². The molecule has 0 saturated heterocycles. The highest BCUT2D eigenvalue weighted by Gasteiger charge is 2.16. The molecule has 0 radical (unpaired) electrons. The van der Waals surface area contributed by atoms with Gasteiger partial charge >= 0.3 is 0 Å². The van der Waals surface area contributed by atoms with E-state index in [1.54, 1.807) is 0 Å². The van der Waals surface area contributed by atoms with Gasteiger partial charge in [0.1, 0.15) is 0 Å². The number of rotatable bonds is 1. The smallest absolute Gasteiger partial charge is 0.0780 e. The summed E-state index contributed by atoms with van der Waals surface area (Å²) in [5.74, 6) is 0. The van der Waals surface area contributed by atoms with Crippen LogP contribution in [0.15, 0.2) is 79.0 Å². The lowest BCUT2D eigenvalue weighted by molar-refractivity contribution is 0.942. The van der Waals surface area contributed by atoms with Crippen LogP contribution in [0.1, 0.15) is 11.1 Å². The zero-order valence-corrected chi connectivity index (χ0v) is 13.4. The molecule has 0 atom stereocenters. The number of benzene rings is 3. The van der Waals surface area contributed by atoms with Crippen molar-refractivity contribution >= 4 is 10.8 Å². The van der Waals surface area contributed by atoms with Crippen molar-refractivity contribution in [3.63, 3.8) is 0 Å². The molecule has 1 aliphatic carbocycles. The van der Waals surface area contributed by atoms with Crippen molar-refractivity contribution in [2.45, 2.75) is 12.8 Å². The maximum atomic E-state index is 4.67. The van der Waals surface area contributed by atoms with Gasteiger partial charge in [-0.3, -0.25) is 4.98 Å². The Morgan fingerprint density at radius 2 is 1.46 bits per heavy atom. The molecule has 24 heavy (non-hydrogen) atoms. The van der Waals surface area contributed by atoms with Gasteiger partial charge in [-0.15, -0.1) is 0 Å². The molecular weight excluding hydrogens is 290 g/mol. The number of aryl methyl sites for hydroxylation is 2. The van der Waals surface area contributed by atoms with Gasteiger partial charge in [-0.2, -0.15) is 0 Å². The first-order chi connectivity index (χ1) is 11.9. The monoisotopic (exact) mass is 307 g/mol. The van der Waals surface area contributed by atoms with Crippen LogP contribution < -0.4 is 0 Å². The summed E-state index contributed by atoms with van der Waals surface area (Å²) < 4.78 is 0. The standard InChI is InChI=1S/C23H17N/c1-3-7-20-16(5-1)9-10-18-15-19(11-12-21(18)20)23-22-8-4-2-6-17(22)13-14-24-23/h1-8,11-15H,9-10H2. The van der Waals surface area contributed by atoms with E-state index in [0.29, 0.717) is 0 Å². The zero-order valence-electron chi connectivity index (χ0n) is 13.4. The van der Waals surface area contributed by atoms with Crippen LogP contribution in [-0.2, 0) is 12.8 Å². The maximum absolute atomic E-state index is 4.67. The first-order valence-corrected chi connectivity index (χ1v) is 8.45. The molecule has 4 aromatic rings. The van der Waals surface area contributed by atoms with E-state index in [9.17, 15) is 0 Å². The summed E-state index contributed by atoms with van der Waals surface area (Å²) in [5, 5.41) is 2.46. The molecule has 1 heteroatoms. The van der Waals surface area contributed by atoms with Crippen molar-refractivity contribution in [1.29, 1.82) is 0 Å². The Morgan fingerprint density at radius 3 is 2.46 bits per heavy atom. The SMILES string of the molecule is c1ccc2c(c1)CCc1cc(-c3nccc4ccccc34)ccc1-2. The van der Waals surface area contributed by atoms with Gasteiger partial charge in [-0.05, 0) is 52.6 Å². The van der Waals surface area contributed by atoms with Gasteiger partial charge in [-0.25, -0.2) is 0 Å². The second kappa shape index (κ2) is 5.31. The zero-order chi connectivity index (χ0) is 15.9. The molecule has 0 unspecified atom stereocenters. The van der Waals surface area contributed by atoms with Crippen molar-refractivity contribution in [3.8, 4) is 22.4 Å². The van der Waals surface area contributed by atoms with E-state index in [1.807, 2.05) is 6.20 Å². The van der Waals surface area contributed by atoms with Crippen molar-refractivity contribution in [2.24, 2.45) is 0 Å². The number of pyridine rings is 1. The van der Waals surface area contributed by atoms with E-state index in [-0.39, 0.29) is 0 Å². The first kappa shape index (κ1) is 13.5. The van der Waals surface area contributed by atoms with Gasteiger partial charge in [0.15, 0.2) is 0 Å². The Bertz CT molecular complexity index is 1060. The number of fused-ring (bicyclic) bond motifs is 4. The summed E-state index contributed by atoms with van der Waals surface area (Å²) in [7, 11) is 0. The predicted molar refractivity (Wildman–Crippen MR) is 100 cm³/mol. The summed E-state index contributed by atoms with van der Waals surface area (Å²) in [4.78, 5) is 4.67. The second-order valence-corrected chi connectivity index (χ2v) is 6.41. The molecule has 0 aliphatic heterocycles. The minimum atomic E-state index is 1.08. The Morgan fingerprint density at radius 1 is 0.667 bits per heavy atom. The Kier molecular flexibility index (Phi) is 2.99. The lowest BCUT2D eigenvalue weighted by Crippen LogP contribution is -2.04. The van der Waals surface area contributed by atoms with Gasteiger partial charge in [0.2, 0.25) is 0 Å². The van der Waals surface area contributed by atoms with Gasteiger partial charge in [0.25, 0.3) is 0 Å². The molecule has 1 heterocycles. The van der Waals surface area contributed by atoms with E-state index in [0.717, 1.165) is 18.5 Å². The van der Waals surface area contributed by atoms with E-state index in [2.05, 4.69) is 77.8 Å². The Hall–Kier alpha value is -2.93. The summed E-state index contributed by atoms with van der Waals surface area (Å²) >= 11 is 0. The van der Waals surface area contributed by atoms with Crippen LogP contribution in [-0.4, -0.2) is 4.98 Å². The van der Waals surface area contributed by atoms with Gasteiger partial charge in [0, 0.05) is 17.1 Å². The highest BCUT2D eigenvalue weighted by molar-refractivity contribution is 5.95. The van der Waals surface area contributed by atoms with Crippen molar-refractivity contribution in [1.82, 2.24) is 4.98 Å². The van der Waals surface area contributed by atoms with Gasteiger partial charge in [-0.1, -0.05) is 60.7 Å². The topological polar surface area (TPSA) is 12.9 Å². The molecule has 0 saturated carbocycles. The highest BCUT2D eigenvalue weighted by Crippen LogP contribution is 2.36. The molecule has 0 fully saturated rings. The number of aromatic nitrogens is 1. The quantitative estimate of drug-likeness (QED) is 0.441. The van der Waals surface area contributed by atoms with Crippen LogP contribution in [0.4, 0.5) is 0 Å². The molecule has 0 bridgehead atoms. The third-order valence-electron chi connectivity index (χ3n) is 5.02. The van der Waals surface area contributed by atoms with Crippen LogP contribution in [0.25, 0.3) is 33.2 Å². The van der Waals surface area contributed by atoms with Crippen LogP contribution >= 0.6 is 0 Å². The molecule has 0 spiro atoms. The number of hydrogen-bond acceptors (Lipinski definition) is 1. The fraction of sp³-hybridized carbons (Fsp3) is 0.0870. The average molecular weight is 307 g/mol. The normalized spacial score (nSPS) is 12.7. The molecule has 1 nitrogen and oxygen atoms in total. The lowest BCUT2D eigenvalue weighted by atomic mass is 9.84.